The largest absolute Gasteiger partial charge is 0.289 e. The van der Waals surface area contributed by atoms with E-state index in [-0.39, 0.29) is 16.0 Å². The minimum atomic E-state index is -3.76. The molecule has 1 aromatic rings. The first-order valence-corrected chi connectivity index (χ1v) is 8.14. The average Bonchev–Trinajstić information content (AvgIpc) is 2.79. The van der Waals surface area contributed by atoms with Gasteiger partial charge in [0.05, 0.1) is 9.82 Å². The average molecular weight is 319 g/mol. The van der Waals surface area contributed by atoms with Gasteiger partial charge in [-0.1, -0.05) is 24.4 Å². The van der Waals surface area contributed by atoms with Crippen LogP contribution < -0.4 is 4.72 Å². The van der Waals surface area contributed by atoms with Gasteiger partial charge in [0.25, 0.3) is 5.69 Å². The van der Waals surface area contributed by atoms with Crippen LogP contribution in [0.3, 0.4) is 0 Å². The van der Waals surface area contributed by atoms with E-state index in [1.165, 1.54) is 6.07 Å². The van der Waals surface area contributed by atoms with Crippen LogP contribution in [0.1, 0.15) is 31.2 Å². The SMILES string of the molecule is Cc1cc(Cl)c([N+](=O)[O-])cc1S(=O)(=O)NC1CCCC1. The topological polar surface area (TPSA) is 89.3 Å². The summed E-state index contributed by atoms with van der Waals surface area (Å²) in [6, 6.07) is 2.24. The zero-order valence-electron chi connectivity index (χ0n) is 10.9. The van der Waals surface area contributed by atoms with Crippen molar-refractivity contribution in [3.05, 3.63) is 32.8 Å². The molecule has 0 spiro atoms. The molecule has 0 unspecified atom stereocenters. The molecule has 110 valence electrons. The molecule has 0 radical (unpaired) electrons. The summed E-state index contributed by atoms with van der Waals surface area (Å²) >= 11 is 5.76. The van der Waals surface area contributed by atoms with Crippen molar-refractivity contribution in [1.29, 1.82) is 0 Å². The van der Waals surface area contributed by atoms with Crippen molar-refractivity contribution in [3.63, 3.8) is 0 Å². The normalized spacial score (nSPS) is 16.5. The van der Waals surface area contributed by atoms with E-state index in [4.69, 9.17) is 11.6 Å². The van der Waals surface area contributed by atoms with Crippen LogP contribution in [-0.4, -0.2) is 19.4 Å². The zero-order chi connectivity index (χ0) is 14.9. The molecule has 0 atom stereocenters. The van der Waals surface area contributed by atoms with Crippen molar-refractivity contribution in [2.24, 2.45) is 0 Å². The van der Waals surface area contributed by atoms with Crippen LogP contribution in [0.25, 0.3) is 0 Å². The Morgan fingerprint density at radius 3 is 2.50 bits per heavy atom. The number of aryl methyl sites for hydroxylation is 1. The van der Waals surface area contributed by atoms with E-state index in [1.54, 1.807) is 6.92 Å². The third kappa shape index (κ3) is 3.11. The quantitative estimate of drug-likeness (QED) is 0.682. The fourth-order valence-corrected chi connectivity index (χ4v) is 4.24. The summed E-state index contributed by atoms with van der Waals surface area (Å²) in [4.78, 5) is 10.1. The number of nitrogens with one attached hydrogen (secondary N) is 1. The molecule has 0 aromatic heterocycles. The van der Waals surface area contributed by atoms with Crippen molar-refractivity contribution >= 4 is 27.3 Å². The second-order valence-electron chi connectivity index (χ2n) is 4.93. The summed E-state index contributed by atoms with van der Waals surface area (Å²) in [5, 5.41) is 10.8. The summed E-state index contributed by atoms with van der Waals surface area (Å²) in [5.74, 6) is 0. The molecular weight excluding hydrogens is 304 g/mol. The monoisotopic (exact) mass is 318 g/mol. The first-order valence-electron chi connectivity index (χ1n) is 6.28. The van der Waals surface area contributed by atoms with Gasteiger partial charge in [-0.15, -0.1) is 0 Å². The van der Waals surface area contributed by atoms with Gasteiger partial charge in [0.2, 0.25) is 10.0 Å². The number of nitro benzene ring substituents is 1. The van der Waals surface area contributed by atoms with E-state index in [0.29, 0.717) is 5.56 Å². The summed E-state index contributed by atoms with van der Waals surface area (Å²) in [6.45, 7) is 1.57. The Labute approximate surface area is 122 Å². The number of hydrogen-bond acceptors (Lipinski definition) is 4. The molecule has 1 saturated carbocycles. The molecule has 1 aliphatic rings. The molecule has 8 heteroatoms. The number of nitro groups is 1. The van der Waals surface area contributed by atoms with Crippen LogP contribution in [0, 0.1) is 17.0 Å². The highest BCUT2D eigenvalue weighted by Crippen LogP contribution is 2.30. The van der Waals surface area contributed by atoms with E-state index >= 15 is 0 Å². The highest BCUT2D eigenvalue weighted by atomic mass is 35.5. The van der Waals surface area contributed by atoms with Crippen LogP contribution in [-0.2, 0) is 10.0 Å². The molecule has 1 aliphatic carbocycles. The molecule has 6 nitrogen and oxygen atoms in total. The van der Waals surface area contributed by atoms with Gasteiger partial charge >= 0.3 is 0 Å². The Bertz CT molecular complexity index is 639. The fourth-order valence-electron chi connectivity index (χ4n) is 2.40. The van der Waals surface area contributed by atoms with Gasteiger partial charge in [0.15, 0.2) is 0 Å². The predicted molar refractivity (Wildman–Crippen MR) is 75.4 cm³/mol. The first kappa shape index (κ1) is 15.2. The third-order valence-corrected chi connectivity index (χ3v) is 5.37. The van der Waals surface area contributed by atoms with E-state index < -0.39 is 20.6 Å². The standard InChI is InChI=1S/C12H15ClN2O4S/c1-8-6-10(13)11(15(16)17)7-12(8)20(18,19)14-9-4-2-3-5-9/h6-7,9,14H,2-5H2,1H3. The lowest BCUT2D eigenvalue weighted by Crippen LogP contribution is -2.33. The molecule has 0 bridgehead atoms. The second-order valence-corrected chi connectivity index (χ2v) is 7.02. The number of hydrogen-bond donors (Lipinski definition) is 1. The molecule has 0 amide bonds. The molecule has 0 aliphatic heterocycles. The van der Waals surface area contributed by atoms with Crippen molar-refractivity contribution in [2.75, 3.05) is 0 Å². The molecule has 20 heavy (non-hydrogen) atoms. The summed E-state index contributed by atoms with van der Waals surface area (Å²) < 4.78 is 27.2. The molecule has 1 N–H and O–H groups in total. The van der Waals surface area contributed by atoms with E-state index in [2.05, 4.69) is 4.72 Å². The van der Waals surface area contributed by atoms with Crippen LogP contribution in [0.5, 0.6) is 0 Å². The van der Waals surface area contributed by atoms with Crippen LogP contribution in [0.4, 0.5) is 5.69 Å². The van der Waals surface area contributed by atoms with Crippen LogP contribution in [0.15, 0.2) is 17.0 Å². The van der Waals surface area contributed by atoms with Crippen LogP contribution in [0.2, 0.25) is 5.02 Å². The highest BCUT2D eigenvalue weighted by molar-refractivity contribution is 7.89. The van der Waals surface area contributed by atoms with Gasteiger partial charge in [-0.25, -0.2) is 13.1 Å². The second kappa shape index (κ2) is 5.67. The Balaban J connectivity index is 2.40. The van der Waals surface area contributed by atoms with Gasteiger partial charge in [-0.05, 0) is 31.4 Å². The minimum absolute atomic E-state index is 0.0627. The van der Waals surface area contributed by atoms with Gasteiger partial charge in [-0.2, -0.15) is 0 Å². The molecule has 2 rings (SSSR count). The molecule has 0 heterocycles. The summed E-state index contributed by atoms with van der Waals surface area (Å²) in [5.41, 5.74) is -0.00448. The number of nitrogens with zero attached hydrogens (tertiary/aromatic N) is 1. The molecule has 1 fully saturated rings. The van der Waals surface area contributed by atoms with Gasteiger partial charge < -0.3 is 0 Å². The lowest BCUT2D eigenvalue weighted by atomic mass is 10.2. The van der Waals surface area contributed by atoms with Crippen molar-refractivity contribution in [1.82, 2.24) is 4.72 Å². The minimum Gasteiger partial charge on any atom is -0.258 e. The Kier molecular flexibility index (Phi) is 4.31. The Morgan fingerprint density at radius 2 is 1.95 bits per heavy atom. The van der Waals surface area contributed by atoms with Gasteiger partial charge in [-0.3, -0.25) is 10.1 Å². The highest BCUT2D eigenvalue weighted by Gasteiger charge is 2.27. The maximum absolute atomic E-state index is 12.3. The smallest absolute Gasteiger partial charge is 0.258 e. The van der Waals surface area contributed by atoms with E-state index in [9.17, 15) is 18.5 Å². The maximum Gasteiger partial charge on any atom is 0.289 e. The molecular formula is C12H15ClN2O4S. The zero-order valence-corrected chi connectivity index (χ0v) is 12.5. The fraction of sp³-hybridized carbons (Fsp3) is 0.500. The summed E-state index contributed by atoms with van der Waals surface area (Å²) in [6.07, 6.45) is 3.59. The molecule has 0 saturated heterocycles. The third-order valence-electron chi connectivity index (χ3n) is 3.41. The van der Waals surface area contributed by atoms with Crippen molar-refractivity contribution in [3.8, 4) is 0 Å². The number of halogens is 1. The first-order chi connectivity index (χ1) is 9.31. The van der Waals surface area contributed by atoms with E-state index in [0.717, 1.165) is 31.7 Å². The Morgan fingerprint density at radius 1 is 1.35 bits per heavy atom. The number of rotatable bonds is 4. The van der Waals surface area contributed by atoms with Crippen LogP contribution >= 0.6 is 11.6 Å². The van der Waals surface area contributed by atoms with Crippen molar-refractivity contribution in [2.45, 2.75) is 43.5 Å². The maximum atomic E-state index is 12.3. The lowest BCUT2D eigenvalue weighted by Gasteiger charge is -2.14. The van der Waals surface area contributed by atoms with E-state index in [1.807, 2.05) is 0 Å². The predicted octanol–water partition coefficient (Wildman–Crippen LogP) is 2.78. The summed E-state index contributed by atoms with van der Waals surface area (Å²) in [7, 11) is -3.76. The number of sulfonamides is 1. The molecule has 1 aromatic carbocycles. The van der Waals surface area contributed by atoms with Crippen molar-refractivity contribution < 1.29 is 13.3 Å². The number of benzene rings is 1. The van der Waals surface area contributed by atoms with Gasteiger partial charge in [0.1, 0.15) is 5.02 Å². The Hall–Kier alpha value is -1.18. The van der Waals surface area contributed by atoms with Gasteiger partial charge in [0, 0.05) is 12.1 Å². The lowest BCUT2D eigenvalue weighted by molar-refractivity contribution is -0.384.